The standard InChI is InChI=1S/C57H40N2/c1-57(2)51-34-30-39-21-12-13-24-43(39)54(51)49-28-16-27-48(55(49)57)46-32-33-47(45-26-15-14-25-44(45)46)52-36-53(59-56(58-52)40-22-10-5-11-23-40)50-35-41(37-17-6-3-7-18-37)29-31-42(50)38-19-8-4-9-20-38/h3-36H,1-2H3. The van der Waals surface area contributed by atoms with Crippen molar-refractivity contribution in [2.24, 2.45) is 0 Å². The van der Waals surface area contributed by atoms with Crippen LogP contribution >= 0.6 is 0 Å². The van der Waals surface area contributed by atoms with Crippen molar-refractivity contribution in [3.8, 4) is 78.4 Å². The molecule has 2 heteroatoms. The molecule has 11 rings (SSSR count). The minimum Gasteiger partial charge on any atom is -0.228 e. The summed E-state index contributed by atoms with van der Waals surface area (Å²) in [6, 6.07) is 74.2. The summed E-state index contributed by atoms with van der Waals surface area (Å²) in [7, 11) is 0. The molecule has 0 N–H and O–H groups in total. The molecule has 0 saturated carbocycles. The molecule has 0 amide bonds. The molecule has 0 bridgehead atoms. The summed E-state index contributed by atoms with van der Waals surface area (Å²) < 4.78 is 0. The van der Waals surface area contributed by atoms with E-state index in [9.17, 15) is 0 Å². The van der Waals surface area contributed by atoms with Gasteiger partial charge in [-0.05, 0) is 89.3 Å². The molecule has 0 spiro atoms. The lowest BCUT2D eigenvalue weighted by Crippen LogP contribution is -2.16. The first-order valence-electron chi connectivity index (χ1n) is 20.4. The molecule has 1 aromatic heterocycles. The highest BCUT2D eigenvalue weighted by Crippen LogP contribution is 2.55. The molecule has 10 aromatic rings. The average molecular weight is 753 g/mol. The molecule has 1 aliphatic rings. The van der Waals surface area contributed by atoms with Gasteiger partial charge in [0.15, 0.2) is 5.82 Å². The van der Waals surface area contributed by atoms with E-state index in [-0.39, 0.29) is 5.41 Å². The summed E-state index contributed by atoms with van der Waals surface area (Å²) in [5, 5.41) is 4.95. The Morgan fingerprint density at radius 3 is 1.63 bits per heavy atom. The third-order valence-corrected chi connectivity index (χ3v) is 12.3. The van der Waals surface area contributed by atoms with Crippen molar-refractivity contribution >= 4 is 21.5 Å². The van der Waals surface area contributed by atoms with Crippen LogP contribution in [0.2, 0.25) is 0 Å². The second kappa shape index (κ2) is 13.9. The third kappa shape index (κ3) is 5.79. The van der Waals surface area contributed by atoms with E-state index in [1.807, 2.05) is 6.07 Å². The fourth-order valence-electron chi connectivity index (χ4n) is 9.51. The minimum absolute atomic E-state index is 0.179. The number of benzene rings is 9. The number of rotatable bonds is 6. The largest absolute Gasteiger partial charge is 0.228 e. The summed E-state index contributed by atoms with van der Waals surface area (Å²) in [6.45, 7) is 4.77. The van der Waals surface area contributed by atoms with E-state index < -0.39 is 0 Å². The zero-order valence-electron chi connectivity index (χ0n) is 33.0. The number of aromatic nitrogens is 2. The molecule has 0 saturated heterocycles. The molecule has 0 atom stereocenters. The van der Waals surface area contributed by atoms with Gasteiger partial charge in [-0.25, -0.2) is 9.97 Å². The van der Waals surface area contributed by atoms with Crippen LogP contribution in [0, 0.1) is 0 Å². The maximum absolute atomic E-state index is 5.36. The van der Waals surface area contributed by atoms with Gasteiger partial charge in [0.2, 0.25) is 0 Å². The molecular weight excluding hydrogens is 713 g/mol. The Kier molecular flexibility index (Phi) is 8.20. The van der Waals surface area contributed by atoms with Gasteiger partial charge in [-0.1, -0.05) is 208 Å². The van der Waals surface area contributed by atoms with Gasteiger partial charge < -0.3 is 0 Å². The van der Waals surface area contributed by atoms with E-state index >= 15 is 0 Å². The predicted molar refractivity (Wildman–Crippen MR) is 247 cm³/mol. The highest BCUT2D eigenvalue weighted by Gasteiger charge is 2.38. The van der Waals surface area contributed by atoms with Gasteiger partial charge in [-0.3, -0.25) is 0 Å². The lowest BCUT2D eigenvalue weighted by Gasteiger charge is -2.25. The van der Waals surface area contributed by atoms with Crippen molar-refractivity contribution in [1.82, 2.24) is 9.97 Å². The summed E-state index contributed by atoms with van der Waals surface area (Å²) in [4.78, 5) is 10.7. The Balaban J connectivity index is 1.13. The quantitative estimate of drug-likeness (QED) is 0.169. The molecule has 0 fully saturated rings. The summed E-state index contributed by atoms with van der Waals surface area (Å²) in [5.74, 6) is 0.697. The molecule has 59 heavy (non-hydrogen) atoms. The van der Waals surface area contributed by atoms with Gasteiger partial charge in [-0.15, -0.1) is 0 Å². The van der Waals surface area contributed by atoms with Crippen LogP contribution in [0.25, 0.3) is 100.0 Å². The Bertz CT molecular complexity index is 3220. The van der Waals surface area contributed by atoms with Gasteiger partial charge in [0.05, 0.1) is 11.4 Å². The van der Waals surface area contributed by atoms with Gasteiger partial charge in [0, 0.05) is 22.1 Å². The van der Waals surface area contributed by atoms with Crippen LogP contribution in [0.1, 0.15) is 25.0 Å². The minimum atomic E-state index is -0.179. The smallest absolute Gasteiger partial charge is 0.160 e. The first-order valence-corrected chi connectivity index (χ1v) is 20.4. The van der Waals surface area contributed by atoms with Crippen molar-refractivity contribution < 1.29 is 0 Å². The Morgan fingerprint density at radius 1 is 0.339 bits per heavy atom. The Hall–Kier alpha value is -7.42. The normalized spacial score (nSPS) is 12.7. The average Bonchev–Trinajstić information content (AvgIpc) is 3.55. The molecule has 278 valence electrons. The molecule has 2 nitrogen and oxygen atoms in total. The van der Waals surface area contributed by atoms with Crippen LogP contribution in [-0.2, 0) is 5.41 Å². The molecule has 0 aliphatic heterocycles. The van der Waals surface area contributed by atoms with Crippen molar-refractivity contribution in [3.63, 3.8) is 0 Å². The van der Waals surface area contributed by atoms with E-state index in [2.05, 4.69) is 214 Å². The van der Waals surface area contributed by atoms with Crippen LogP contribution in [0.5, 0.6) is 0 Å². The molecule has 0 radical (unpaired) electrons. The van der Waals surface area contributed by atoms with E-state index in [0.29, 0.717) is 5.82 Å². The molecule has 1 aliphatic carbocycles. The second-order valence-corrected chi connectivity index (χ2v) is 16.1. The monoisotopic (exact) mass is 752 g/mol. The number of hydrogen-bond donors (Lipinski definition) is 0. The number of nitrogens with zero attached hydrogens (tertiary/aromatic N) is 2. The lowest BCUT2D eigenvalue weighted by atomic mass is 9.78. The fourth-order valence-corrected chi connectivity index (χ4v) is 9.51. The lowest BCUT2D eigenvalue weighted by molar-refractivity contribution is 0.662. The first-order chi connectivity index (χ1) is 29.0. The summed E-state index contributed by atoms with van der Waals surface area (Å²) in [5.41, 5.74) is 17.2. The van der Waals surface area contributed by atoms with Crippen LogP contribution in [0.15, 0.2) is 206 Å². The SMILES string of the molecule is CC1(C)c2ccc3ccccc3c2-c2cccc(-c3ccc(-c4cc(-c5cc(-c6ccccc6)ccc5-c5ccccc5)nc(-c5ccccc5)n4)c4ccccc34)c21. The third-order valence-electron chi connectivity index (χ3n) is 12.3. The van der Waals surface area contributed by atoms with Crippen molar-refractivity contribution in [1.29, 1.82) is 0 Å². The number of fused-ring (bicyclic) bond motifs is 6. The van der Waals surface area contributed by atoms with Crippen LogP contribution in [-0.4, -0.2) is 9.97 Å². The number of hydrogen-bond acceptors (Lipinski definition) is 2. The van der Waals surface area contributed by atoms with Crippen molar-refractivity contribution in [2.75, 3.05) is 0 Å². The maximum atomic E-state index is 5.36. The fraction of sp³-hybridized carbons (Fsp3) is 0.0526. The summed E-state index contributed by atoms with van der Waals surface area (Å²) in [6.07, 6.45) is 0. The van der Waals surface area contributed by atoms with Gasteiger partial charge in [-0.2, -0.15) is 0 Å². The Morgan fingerprint density at radius 2 is 0.898 bits per heavy atom. The Labute approximate surface area is 345 Å². The second-order valence-electron chi connectivity index (χ2n) is 16.1. The zero-order valence-corrected chi connectivity index (χ0v) is 33.0. The van der Waals surface area contributed by atoms with E-state index in [1.165, 1.54) is 55.1 Å². The molecule has 0 unspecified atom stereocenters. The highest BCUT2D eigenvalue weighted by atomic mass is 14.9. The van der Waals surface area contributed by atoms with Crippen molar-refractivity contribution in [3.05, 3.63) is 217 Å². The van der Waals surface area contributed by atoms with Crippen LogP contribution < -0.4 is 0 Å². The van der Waals surface area contributed by atoms with Crippen molar-refractivity contribution in [2.45, 2.75) is 19.3 Å². The zero-order chi connectivity index (χ0) is 39.5. The topological polar surface area (TPSA) is 25.8 Å². The highest BCUT2D eigenvalue weighted by molar-refractivity contribution is 6.09. The van der Waals surface area contributed by atoms with Gasteiger partial charge in [0.25, 0.3) is 0 Å². The van der Waals surface area contributed by atoms with Gasteiger partial charge in [0.1, 0.15) is 0 Å². The van der Waals surface area contributed by atoms with Crippen LogP contribution in [0.3, 0.4) is 0 Å². The first kappa shape index (κ1) is 34.8. The molecular formula is C57H40N2. The predicted octanol–water partition coefficient (Wildman–Crippen LogP) is 15.1. The van der Waals surface area contributed by atoms with E-state index in [1.54, 1.807) is 0 Å². The van der Waals surface area contributed by atoms with E-state index in [0.717, 1.165) is 50.2 Å². The van der Waals surface area contributed by atoms with E-state index in [4.69, 9.17) is 9.97 Å². The molecule has 1 heterocycles. The van der Waals surface area contributed by atoms with Gasteiger partial charge >= 0.3 is 0 Å². The maximum Gasteiger partial charge on any atom is 0.160 e. The molecule has 9 aromatic carbocycles. The summed E-state index contributed by atoms with van der Waals surface area (Å²) >= 11 is 0. The van der Waals surface area contributed by atoms with Crippen LogP contribution in [0.4, 0.5) is 0 Å².